The highest BCUT2D eigenvalue weighted by Crippen LogP contribution is 2.26. The summed E-state index contributed by atoms with van der Waals surface area (Å²) in [6.45, 7) is 4.43. The second-order valence-electron chi connectivity index (χ2n) is 5.88. The molecule has 1 aromatic carbocycles. The molecule has 0 aliphatic carbocycles. The van der Waals surface area contributed by atoms with Gasteiger partial charge in [0.1, 0.15) is 11.6 Å². The van der Waals surface area contributed by atoms with Crippen LogP contribution in [0.3, 0.4) is 0 Å². The van der Waals surface area contributed by atoms with Crippen molar-refractivity contribution in [2.75, 3.05) is 23.3 Å². The third-order valence-corrected chi connectivity index (χ3v) is 4.38. The van der Waals surface area contributed by atoms with Crippen molar-refractivity contribution in [3.63, 3.8) is 0 Å². The van der Waals surface area contributed by atoms with E-state index in [0.717, 1.165) is 24.1 Å². The lowest BCUT2D eigenvalue weighted by Crippen LogP contribution is -2.39. The third-order valence-electron chi connectivity index (χ3n) is 4.38. The van der Waals surface area contributed by atoms with E-state index in [9.17, 15) is 10.1 Å². The van der Waals surface area contributed by atoms with Crippen molar-refractivity contribution in [2.24, 2.45) is 0 Å². The van der Waals surface area contributed by atoms with E-state index in [-0.39, 0.29) is 12.5 Å². The zero-order chi connectivity index (χ0) is 17.1. The van der Waals surface area contributed by atoms with Crippen LogP contribution in [0.15, 0.2) is 24.3 Å². The fourth-order valence-corrected chi connectivity index (χ4v) is 2.92. The Morgan fingerprint density at radius 2 is 2.12 bits per heavy atom. The Kier molecular flexibility index (Phi) is 4.43. The standard InChI is InChI=1S/C18H19N5O/c1-12-13(2)21-22-18(15(12)10-19)20-11-17(24)23-9-5-7-14-6-3-4-8-16(14)23/h3-4,6,8H,5,7,9,11H2,1-2H3,(H,20,22). The van der Waals surface area contributed by atoms with Gasteiger partial charge in [-0.3, -0.25) is 4.79 Å². The molecule has 6 heteroatoms. The Hall–Kier alpha value is -2.94. The largest absolute Gasteiger partial charge is 0.358 e. The summed E-state index contributed by atoms with van der Waals surface area (Å²) in [5, 5.41) is 20.3. The van der Waals surface area contributed by atoms with Crippen LogP contribution in [-0.2, 0) is 11.2 Å². The summed E-state index contributed by atoms with van der Waals surface area (Å²) in [4.78, 5) is 14.4. The van der Waals surface area contributed by atoms with Gasteiger partial charge in [-0.05, 0) is 43.9 Å². The van der Waals surface area contributed by atoms with E-state index in [1.165, 1.54) is 5.56 Å². The molecule has 1 aliphatic rings. The number of carbonyl (C=O) groups excluding carboxylic acids is 1. The minimum atomic E-state index is -0.0360. The Morgan fingerprint density at radius 1 is 1.33 bits per heavy atom. The number of aryl methyl sites for hydroxylation is 2. The van der Waals surface area contributed by atoms with Gasteiger partial charge in [-0.2, -0.15) is 10.4 Å². The third kappa shape index (κ3) is 2.93. The monoisotopic (exact) mass is 321 g/mol. The zero-order valence-corrected chi connectivity index (χ0v) is 13.8. The molecule has 1 amide bonds. The highest BCUT2D eigenvalue weighted by atomic mass is 16.2. The van der Waals surface area contributed by atoms with Gasteiger partial charge >= 0.3 is 0 Å². The number of para-hydroxylation sites is 1. The molecule has 6 nitrogen and oxygen atoms in total. The van der Waals surface area contributed by atoms with Crippen molar-refractivity contribution in [3.05, 3.63) is 46.6 Å². The number of carbonyl (C=O) groups is 1. The second-order valence-corrected chi connectivity index (χ2v) is 5.88. The number of anilines is 2. The summed E-state index contributed by atoms with van der Waals surface area (Å²) in [6, 6.07) is 10.1. The minimum absolute atomic E-state index is 0.0360. The van der Waals surface area contributed by atoms with Crippen LogP contribution in [0.4, 0.5) is 11.5 Å². The average Bonchev–Trinajstić information content (AvgIpc) is 2.62. The first-order chi connectivity index (χ1) is 11.6. The topological polar surface area (TPSA) is 81.9 Å². The molecular formula is C18H19N5O. The van der Waals surface area contributed by atoms with E-state index in [4.69, 9.17) is 0 Å². The summed E-state index contributed by atoms with van der Waals surface area (Å²) in [6.07, 6.45) is 1.95. The lowest BCUT2D eigenvalue weighted by atomic mass is 10.0. The molecule has 0 saturated carbocycles. The molecule has 1 N–H and O–H groups in total. The van der Waals surface area contributed by atoms with E-state index in [1.54, 1.807) is 4.90 Å². The first kappa shape index (κ1) is 15.9. The van der Waals surface area contributed by atoms with Gasteiger partial charge in [0.05, 0.1) is 12.2 Å². The van der Waals surface area contributed by atoms with E-state index in [2.05, 4.69) is 27.6 Å². The number of nitriles is 1. The summed E-state index contributed by atoms with van der Waals surface area (Å²) < 4.78 is 0. The number of hydrogen-bond acceptors (Lipinski definition) is 5. The predicted molar refractivity (Wildman–Crippen MR) is 91.8 cm³/mol. The smallest absolute Gasteiger partial charge is 0.246 e. The predicted octanol–water partition coefficient (Wildman–Crippen LogP) is 2.36. The van der Waals surface area contributed by atoms with Crippen LogP contribution in [-0.4, -0.2) is 29.2 Å². The molecule has 0 radical (unpaired) electrons. The lowest BCUT2D eigenvalue weighted by Gasteiger charge is -2.29. The molecular weight excluding hydrogens is 302 g/mol. The van der Waals surface area contributed by atoms with Crippen LogP contribution in [0, 0.1) is 25.2 Å². The van der Waals surface area contributed by atoms with Crippen LogP contribution in [0.1, 0.15) is 28.8 Å². The zero-order valence-electron chi connectivity index (χ0n) is 13.8. The molecule has 0 atom stereocenters. The SMILES string of the molecule is Cc1nnc(NCC(=O)N2CCCc3ccccc32)c(C#N)c1C. The highest BCUT2D eigenvalue weighted by Gasteiger charge is 2.22. The maximum absolute atomic E-state index is 12.6. The van der Waals surface area contributed by atoms with Crippen LogP contribution in [0.2, 0.25) is 0 Å². The van der Waals surface area contributed by atoms with Gasteiger partial charge in [-0.15, -0.1) is 5.10 Å². The van der Waals surface area contributed by atoms with Gasteiger partial charge < -0.3 is 10.2 Å². The Morgan fingerprint density at radius 3 is 2.92 bits per heavy atom. The number of rotatable bonds is 3. The van der Waals surface area contributed by atoms with Crippen molar-refractivity contribution in [3.8, 4) is 6.07 Å². The minimum Gasteiger partial charge on any atom is -0.358 e. The maximum Gasteiger partial charge on any atom is 0.246 e. The molecule has 24 heavy (non-hydrogen) atoms. The molecule has 1 aliphatic heterocycles. The van der Waals surface area contributed by atoms with E-state index >= 15 is 0 Å². The number of aromatic nitrogens is 2. The van der Waals surface area contributed by atoms with Crippen molar-refractivity contribution < 1.29 is 4.79 Å². The highest BCUT2D eigenvalue weighted by molar-refractivity contribution is 5.97. The van der Waals surface area contributed by atoms with Crippen LogP contribution < -0.4 is 10.2 Å². The molecule has 1 aromatic heterocycles. The second kappa shape index (κ2) is 6.67. The molecule has 0 bridgehead atoms. The van der Waals surface area contributed by atoms with E-state index < -0.39 is 0 Å². The summed E-state index contributed by atoms with van der Waals surface area (Å²) >= 11 is 0. The van der Waals surface area contributed by atoms with Gasteiger partial charge in [0.2, 0.25) is 5.91 Å². The average molecular weight is 321 g/mol. The quantitative estimate of drug-likeness (QED) is 0.938. The van der Waals surface area contributed by atoms with E-state index in [1.807, 2.05) is 32.0 Å². The van der Waals surface area contributed by atoms with Gasteiger partial charge in [-0.25, -0.2) is 0 Å². The number of hydrogen-bond donors (Lipinski definition) is 1. The van der Waals surface area contributed by atoms with E-state index in [0.29, 0.717) is 23.6 Å². The molecule has 122 valence electrons. The van der Waals surface area contributed by atoms with Crippen molar-refractivity contribution in [1.82, 2.24) is 10.2 Å². The first-order valence-electron chi connectivity index (χ1n) is 7.98. The number of nitrogens with zero attached hydrogens (tertiary/aromatic N) is 4. The van der Waals surface area contributed by atoms with Crippen molar-refractivity contribution in [1.29, 1.82) is 5.26 Å². The fourth-order valence-electron chi connectivity index (χ4n) is 2.92. The summed E-state index contributed by atoms with van der Waals surface area (Å²) in [5.41, 5.74) is 4.11. The molecule has 2 aromatic rings. The Labute approximate surface area is 141 Å². The van der Waals surface area contributed by atoms with Crippen molar-refractivity contribution >= 4 is 17.4 Å². The van der Waals surface area contributed by atoms with Gasteiger partial charge in [0.25, 0.3) is 0 Å². The van der Waals surface area contributed by atoms with Gasteiger partial charge in [0, 0.05) is 12.2 Å². The number of benzene rings is 1. The summed E-state index contributed by atoms with van der Waals surface area (Å²) in [7, 11) is 0. The van der Waals surface area contributed by atoms with Crippen LogP contribution in [0.25, 0.3) is 0 Å². The molecule has 0 saturated heterocycles. The van der Waals surface area contributed by atoms with Crippen LogP contribution >= 0.6 is 0 Å². The van der Waals surface area contributed by atoms with Gasteiger partial charge in [-0.1, -0.05) is 18.2 Å². The number of nitrogens with one attached hydrogen (secondary N) is 1. The number of fused-ring (bicyclic) bond motifs is 1. The Balaban J connectivity index is 1.76. The molecule has 0 fully saturated rings. The Bertz CT molecular complexity index is 825. The molecule has 0 spiro atoms. The van der Waals surface area contributed by atoms with Crippen molar-refractivity contribution in [2.45, 2.75) is 26.7 Å². The first-order valence-corrected chi connectivity index (χ1v) is 7.98. The molecule has 2 heterocycles. The maximum atomic E-state index is 12.6. The fraction of sp³-hybridized carbons (Fsp3) is 0.333. The lowest BCUT2D eigenvalue weighted by molar-refractivity contribution is -0.117. The van der Waals surface area contributed by atoms with Crippen LogP contribution in [0.5, 0.6) is 0 Å². The molecule has 0 unspecified atom stereocenters. The molecule has 3 rings (SSSR count). The van der Waals surface area contributed by atoms with Gasteiger partial charge in [0.15, 0.2) is 5.82 Å². The number of amides is 1. The summed E-state index contributed by atoms with van der Waals surface area (Å²) in [5.74, 6) is 0.324. The normalized spacial score (nSPS) is 13.1.